The third-order valence-corrected chi connectivity index (χ3v) is 3.78. The molecule has 0 saturated heterocycles. The number of anilines is 1. The van der Waals surface area contributed by atoms with E-state index in [2.05, 4.69) is 15.4 Å². The van der Waals surface area contributed by atoms with Gasteiger partial charge in [0, 0.05) is 10.6 Å². The van der Waals surface area contributed by atoms with Crippen molar-refractivity contribution in [1.82, 2.24) is 14.8 Å². The van der Waals surface area contributed by atoms with Crippen LogP contribution in [-0.4, -0.2) is 20.7 Å². The number of nitrogens with zero attached hydrogens (tertiary/aromatic N) is 3. The first-order valence-electron chi connectivity index (χ1n) is 5.93. The van der Waals surface area contributed by atoms with Crippen molar-refractivity contribution in [3.8, 4) is 0 Å². The second kappa shape index (κ2) is 5.66. The molecular formula is C12H14F2N4OS. The lowest BCUT2D eigenvalue weighted by Crippen LogP contribution is -2.20. The molecule has 1 amide bonds. The summed E-state index contributed by atoms with van der Waals surface area (Å²) >= 11 is 1.37. The van der Waals surface area contributed by atoms with Crippen molar-refractivity contribution in [2.75, 3.05) is 5.32 Å². The fraction of sp³-hybridized carbons (Fsp3) is 0.417. The summed E-state index contributed by atoms with van der Waals surface area (Å²) in [5.41, 5.74) is 1.05. The third kappa shape index (κ3) is 3.19. The normalized spacial score (nSPS) is 11.1. The van der Waals surface area contributed by atoms with Crippen LogP contribution >= 0.6 is 11.3 Å². The van der Waals surface area contributed by atoms with Crippen molar-refractivity contribution < 1.29 is 13.6 Å². The van der Waals surface area contributed by atoms with E-state index in [4.69, 9.17) is 0 Å². The Bertz CT molecular complexity index is 616. The smallest absolute Gasteiger partial charge is 0.282 e. The van der Waals surface area contributed by atoms with Crippen molar-refractivity contribution in [3.63, 3.8) is 0 Å². The first kappa shape index (κ1) is 14.6. The highest BCUT2D eigenvalue weighted by atomic mass is 32.1. The van der Waals surface area contributed by atoms with Crippen molar-refractivity contribution in [1.29, 1.82) is 0 Å². The predicted molar refractivity (Wildman–Crippen MR) is 72.1 cm³/mol. The van der Waals surface area contributed by atoms with E-state index in [1.165, 1.54) is 22.1 Å². The molecular weight excluding hydrogens is 286 g/mol. The van der Waals surface area contributed by atoms with Gasteiger partial charge < -0.3 is 5.32 Å². The summed E-state index contributed by atoms with van der Waals surface area (Å²) in [6, 6.07) is 1.27. The summed E-state index contributed by atoms with van der Waals surface area (Å²) in [4.78, 5) is 17.0. The van der Waals surface area contributed by atoms with Crippen LogP contribution in [0.25, 0.3) is 0 Å². The van der Waals surface area contributed by atoms with Crippen LogP contribution in [-0.2, 0) is 11.3 Å². The Morgan fingerprint density at radius 1 is 1.45 bits per heavy atom. The van der Waals surface area contributed by atoms with Crippen LogP contribution < -0.4 is 5.32 Å². The van der Waals surface area contributed by atoms with Crippen LogP contribution in [0, 0.1) is 20.8 Å². The molecule has 0 bridgehead atoms. The molecule has 108 valence electrons. The summed E-state index contributed by atoms with van der Waals surface area (Å²) in [6.07, 6.45) is -2.64. The van der Waals surface area contributed by atoms with Crippen LogP contribution in [0.1, 0.15) is 28.4 Å². The van der Waals surface area contributed by atoms with Crippen molar-refractivity contribution in [3.05, 3.63) is 28.0 Å². The summed E-state index contributed by atoms with van der Waals surface area (Å²) in [7, 11) is 0. The maximum Gasteiger partial charge on any atom is 0.282 e. The van der Waals surface area contributed by atoms with E-state index in [1.54, 1.807) is 6.92 Å². The fourth-order valence-electron chi connectivity index (χ4n) is 1.62. The summed E-state index contributed by atoms with van der Waals surface area (Å²) < 4.78 is 26.3. The number of nitrogens with one attached hydrogen (secondary N) is 1. The number of hydrogen-bond acceptors (Lipinski definition) is 4. The van der Waals surface area contributed by atoms with E-state index >= 15 is 0 Å². The van der Waals surface area contributed by atoms with Gasteiger partial charge in [-0.3, -0.25) is 9.48 Å². The minimum atomic E-state index is -2.64. The molecule has 0 unspecified atom stereocenters. The second-order valence-corrected chi connectivity index (χ2v) is 5.58. The molecule has 5 nitrogen and oxygen atoms in total. The Balaban J connectivity index is 2.04. The van der Waals surface area contributed by atoms with Gasteiger partial charge in [-0.1, -0.05) is 0 Å². The SMILES string of the molecule is Cc1nc(NC(=O)Cn2nc(C(F)F)cc2C)sc1C. The highest BCUT2D eigenvalue weighted by Crippen LogP contribution is 2.21. The maximum absolute atomic E-state index is 12.5. The zero-order valence-electron chi connectivity index (χ0n) is 11.3. The molecule has 1 N–H and O–H groups in total. The lowest BCUT2D eigenvalue weighted by molar-refractivity contribution is -0.117. The molecule has 2 heterocycles. The first-order chi connectivity index (χ1) is 9.36. The minimum Gasteiger partial charge on any atom is -0.300 e. The Kier molecular flexibility index (Phi) is 4.12. The molecule has 0 fully saturated rings. The highest BCUT2D eigenvalue weighted by Gasteiger charge is 2.15. The minimum absolute atomic E-state index is 0.115. The van der Waals surface area contributed by atoms with Crippen molar-refractivity contribution in [2.24, 2.45) is 0 Å². The van der Waals surface area contributed by atoms with E-state index < -0.39 is 6.43 Å². The quantitative estimate of drug-likeness (QED) is 0.944. The molecule has 0 aliphatic rings. The summed E-state index contributed by atoms with van der Waals surface area (Å²) in [5, 5.41) is 6.84. The van der Waals surface area contributed by atoms with Gasteiger partial charge >= 0.3 is 0 Å². The van der Waals surface area contributed by atoms with Crippen LogP contribution in [0.3, 0.4) is 0 Å². The second-order valence-electron chi connectivity index (χ2n) is 4.38. The van der Waals surface area contributed by atoms with Gasteiger partial charge in [0.05, 0.1) is 5.69 Å². The van der Waals surface area contributed by atoms with Gasteiger partial charge in [0.1, 0.15) is 12.2 Å². The monoisotopic (exact) mass is 300 g/mol. The maximum atomic E-state index is 12.5. The predicted octanol–water partition coefficient (Wildman–Crippen LogP) is 2.84. The molecule has 0 atom stereocenters. The van der Waals surface area contributed by atoms with E-state index in [0.29, 0.717) is 10.8 Å². The molecule has 0 aliphatic heterocycles. The van der Waals surface area contributed by atoms with Crippen LogP contribution in [0.4, 0.5) is 13.9 Å². The van der Waals surface area contributed by atoms with Crippen LogP contribution in [0.15, 0.2) is 6.07 Å². The third-order valence-electron chi connectivity index (χ3n) is 2.79. The molecule has 2 rings (SSSR count). The average molecular weight is 300 g/mol. The number of thiazole rings is 1. The first-order valence-corrected chi connectivity index (χ1v) is 6.75. The van der Waals surface area contributed by atoms with Gasteiger partial charge in [-0.05, 0) is 26.8 Å². The van der Waals surface area contributed by atoms with E-state index in [1.807, 2.05) is 13.8 Å². The van der Waals surface area contributed by atoms with Gasteiger partial charge in [0.25, 0.3) is 6.43 Å². The Morgan fingerprint density at radius 3 is 2.65 bits per heavy atom. The van der Waals surface area contributed by atoms with Gasteiger partial charge in [-0.2, -0.15) is 5.10 Å². The number of alkyl halides is 2. The van der Waals surface area contributed by atoms with Gasteiger partial charge in [-0.25, -0.2) is 13.8 Å². The molecule has 20 heavy (non-hydrogen) atoms. The highest BCUT2D eigenvalue weighted by molar-refractivity contribution is 7.15. The molecule has 8 heteroatoms. The molecule has 0 aliphatic carbocycles. The lowest BCUT2D eigenvalue weighted by atomic mass is 10.4. The van der Waals surface area contributed by atoms with E-state index in [-0.39, 0.29) is 18.1 Å². The molecule has 0 aromatic carbocycles. The zero-order chi connectivity index (χ0) is 14.9. The number of aromatic nitrogens is 3. The van der Waals surface area contributed by atoms with Crippen LogP contribution in [0.2, 0.25) is 0 Å². The van der Waals surface area contributed by atoms with Crippen molar-refractivity contribution >= 4 is 22.4 Å². The number of halogens is 2. The number of rotatable bonds is 4. The number of carbonyl (C=O) groups excluding carboxylic acids is 1. The van der Waals surface area contributed by atoms with Crippen LogP contribution in [0.5, 0.6) is 0 Å². The number of aryl methyl sites for hydroxylation is 3. The topological polar surface area (TPSA) is 59.8 Å². The molecule has 2 aromatic heterocycles. The largest absolute Gasteiger partial charge is 0.300 e. The summed E-state index contributed by atoms with van der Waals surface area (Å²) in [6.45, 7) is 5.28. The molecule has 0 radical (unpaired) electrons. The molecule has 0 spiro atoms. The Hall–Kier alpha value is -1.83. The van der Waals surface area contributed by atoms with Gasteiger partial charge in [0.15, 0.2) is 5.13 Å². The Labute approximate surface area is 118 Å². The lowest BCUT2D eigenvalue weighted by Gasteiger charge is -2.04. The molecule has 2 aromatic rings. The van der Waals surface area contributed by atoms with Crippen molar-refractivity contribution in [2.45, 2.75) is 33.7 Å². The number of carbonyl (C=O) groups is 1. The standard InChI is InChI=1S/C12H14F2N4OS/c1-6-4-9(11(13)14)17-18(6)5-10(19)16-12-15-7(2)8(3)20-12/h4,11H,5H2,1-3H3,(H,15,16,19). The Morgan fingerprint density at radius 2 is 2.15 bits per heavy atom. The molecule has 0 saturated carbocycles. The number of hydrogen-bond donors (Lipinski definition) is 1. The van der Waals surface area contributed by atoms with Gasteiger partial charge in [-0.15, -0.1) is 11.3 Å². The number of amides is 1. The van der Waals surface area contributed by atoms with E-state index in [9.17, 15) is 13.6 Å². The fourth-order valence-corrected chi connectivity index (χ4v) is 2.45. The van der Waals surface area contributed by atoms with E-state index in [0.717, 1.165) is 10.6 Å². The van der Waals surface area contributed by atoms with Gasteiger partial charge in [0.2, 0.25) is 5.91 Å². The summed E-state index contributed by atoms with van der Waals surface area (Å²) in [5.74, 6) is -0.342. The average Bonchev–Trinajstić information content (AvgIpc) is 2.84. The zero-order valence-corrected chi connectivity index (χ0v) is 12.1.